The number of H-pyrrole nitrogens is 1. The summed E-state index contributed by atoms with van der Waals surface area (Å²) in [5.41, 5.74) is -3.02. The Morgan fingerprint density at radius 2 is 1.71 bits per heavy atom. The van der Waals surface area contributed by atoms with Crippen molar-refractivity contribution in [2.45, 2.75) is 32.1 Å². The van der Waals surface area contributed by atoms with Crippen molar-refractivity contribution in [2.24, 2.45) is 0 Å². The molecule has 4 rings (SSSR count). The van der Waals surface area contributed by atoms with Gasteiger partial charge in [0.05, 0.1) is 28.8 Å². The van der Waals surface area contributed by atoms with E-state index in [2.05, 4.69) is 29.9 Å². The minimum Gasteiger partial charge on any atom is -0.367 e. The molecule has 0 spiro atoms. The second-order valence-electron chi connectivity index (χ2n) is 9.86. The average Bonchev–Trinajstić information content (AvgIpc) is 2.86. The molecule has 1 aromatic carbocycles. The van der Waals surface area contributed by atoms with E-state index in [9.17, 15) is 31.2 Å². The lowest BCUT2D eigenvalue weighted by Gasteiger charge is -2.44. The van der Waals surface area contributed by atoms with Crippen molar-refractivity contribution in [1.82, 2.24) is 19.9 Å². The van der Waals surface area contributed by atoms with E-state index in [-0.39, 0.29) is 40.5 Å². The van der Waals surface area contributed by atoms with Gasteiger partial charge in [-0.05, 0) is 33.0 Å². The first-order chi connectivity index (χ1) is 19.0. The number of likely N-dealkylation sites (N-methyl/N-ethyl adjacent to an activating group) is 1. The zero-order chi connectivity index (χ0) is 30.3. The van der Waals surface area contributed by atoms with Crippen molar-refractivity contribution in [3.8, 4) is 11.1 Å². The molecule has 2 atom stereocenters. The Morgan fingerprint density at radius 3 is 2.27 bits per heavy atom. The van der Waals surface area contributed by atoms with Crippen molar-refractivity contribution < 1.29 is 30.8 Å². The molecule has 16 heteroatoms. The van der Waals surface area contributed by atoms with E-state index >= 15 is 4.39 Å². The van der Waals surface area contributed by atoms with Crippen LogP contribution in [-0.2, 0) is 16.2 Å². The summed E-state index contributed by atoms with van der Waals surface area (Å²) in [6.45, 7) is 4.80. The van der Waals surface area contributed by atoms with E-state index in [1.807, 2.05) is 25.8 Å². The van der Waals surface area contributed by atoms with Crippen LogP contribution in [0.3, 0.4) is 0 Å². The molecule has 1 aliphatic rings. The van der Waals surface area contributed by atoms with Crippen molar-refractivity contribution >= 4 is 33.3 Å². The van der Waals surface area contributed by atoms with Crippen LogP contribution in [0.2, 0.25) is 0 Å². The molecular formula is C25H27F4N7O4S. The van der Waals surface area contributed by atoms with Crippen LogP contribution >= 0.6 is 0 Å². The van der Waals surface area contributed by atoms with Crippen LogP contribution in [0.25, 0.3) is 11.1 Å². The fraction of sp³-hybridized carbons (Fsp3) is 0.360. The molecule has 3 aromatic rings. The Labute approximate surface area is 232 Å². The third-order valence-electron chi connectivity index (χ3n) is 6.75. The van der Waals surface area contributed by atoms with E-state index in [0.29, 0.717) is 25.4 Å². The SMILES string of the molecule is C[C@@H]1CN(c2cc(F)c(-c3cnc(NS(C)(=O)=O)nc3)cc2NC(=O)c2c[nH]c(=O)cc2C(F)(F)F)C[C@H](C)N1C. The highest BCUT2D eigenvalue weighted by Crippen LogP contribution is 2.37. The number of carbonyl (C=O) groups excluding carboxylic acids is 1. The smallest absolute Gasteiger partial charge is 0.367 e. The third kappa shape index (κ3) is 6.82. The highest BCUT2D eigenvalue weighted by Gasteiger charge is 2.36. The monoisotopic (exact) mass is 597 g/mol. The van der Waals surface area contributed by atoms with Crippen molar-refractivity contribution in [1.29, 1.82) is 0 Å². The predicted octanol–water partition coefficient (Wildman–Crippen LogP) is 3.14. The second-order valence-corrected chi connectivity index (χ2v) is 11.6. The number of aromatic amines is 1. The van der Waals surface area contributed by atoms with E-state index in [1.165, 1.54) is 6.07 Å². The number of rotatable bonds is 6. The molecule has 1 aliphatic heterocycles. The molecule has 2 aromatic heterocycles. The van der Waals surface area contributed by atoms with E-state index < -0.39 is 44.6 Å². The Kier molecular flexibility index (Phi) is 8.09. The zero-order valence-corrected chi connectivity index (χ0v) is 23.2. The maximum absolute atomic E-state index is 15.5. The lowest BCUT2D eigenvalue weighted by atomic mass is 10.0. The summed E-state index contributed by atoms with van der Waals surface area (Å²) in [4.78, 5) is 38.5. The second kappa shape index (κ2) is 11.1. The molecule has 220 valence electrons. The number of benzene rings is 1. The minimum absolute atomic E-state index is 0.00742. The first-order valence-corrected chi connectivity index (χ1v) is 14.1. The number of piperazine rings is 1. The number of halogens is 4. The van der Waals surface area contributed by atoms with Crippen LogP contribution in [0, 0.1) is 5.82 Å². The molecule has 1 fully saturated rings. The first-order valence-electron chi connectivity index (χ1n) is 12.3. The summed E-state index contributed by atoms with van der Waals surface area (Å²) in [5.74, 6) is -2.16. The molecule has 0 aliphatic carbocycles. The van der Waals surface area contributed by atoms with Crippen LogP contribution in [0.1, 0.15) is 29.8 Å². The normalized spacial score (nSPS) is 18.3. The van der Waals surface area contributed by atoms with Gasteiger partial charge >= 0.3 is 6.18 Å². The summed E-state index contributed by atoms with van der Waals surface area (Å²) < 4.78 is 81.4. The molecule has 3 N–H and O–H groups in total. The van der Waals surface area contributed by atoms with Crippen molar-refractivity contribution in [2.75, 3.05) is 41.3 Å². The van der Waals surface area contributed by atoms with Gasteiger partial charge in [0.1, 0.15) is 5.82 Å². The van der Waals surface area contributed by atoms with Crippen LogP contribution in [0.5, 0.6) is 0 Å². The average molecular weight is 598 g/mol. The van der Waals surface area contributed by atoms with Gasteiger partial charge in [0.25, 0.3) is 5.91 Å². The predicted molar refractivity (Wildman–Crippen MR) is 145 cm³/mol. The Bertz CT molecular complexity index is 1620. The van der Waals surface area contributed by atoms with Crippen LogP contribution in [0.15, 0.2) is 41.6 Å². The van der Waals surface area contributed by atoms with Gasteiger partial charge in [-0.2, -0.15) is 13.2 Å². The molecule has 0 radical (unpaired) electrons. The number of aromatic nitrogens is 3. The van der Waals surface area contributed by atoms with Crippen LogP contribution in [-0.4, -0.2) is 72.7 Å². The molecule has 0 bridgehead atoms. The Balaban J connectivity index is 1.80. The van der Waals surface area contributed by atoms with E-state index in [1.54, 1.807) is 0 Å². The number of pyridine rings is 1. The maximum atomic E-state index is 15.5. The van der Waals surface area contributed by atoms with Crippen molar-refractivity contribution in [3.05, 3.63) is 64.1 Å². The Morgan fingerprint density at radius 1 is 1.10 bits per heavy atom. The lowest BCUT2D eigenvalue weighted by Crippen LogP contribution is -2.55. The third-order valence-corrected chi connectivity index (χ3v) is 7.30. The van der Waals surface area contributed by atoms with Gasteiger partial charge in [0, 0.05) is 61.0 Å². The topological polar surface area (TPSA) is 140 Å². The van der Waals surface area contributed by atoms with Crippen LogP contribution < -0.4 is 20.5 Å². The molecule has 0 unspecified atom stereocenters. The van der Waals surface area contributed by atoms with Crippen LogP contribution in [0.4, 0.5) is 34.9 Å². The fourth-order valence-corrected chi connectivity index (χ4v) is 4.95. The van der Waals surface area contributed by atoms with Gasteiger partial charge in [-0.1, -0.05) is 0 Å². The number of anilines is 3. The summed E-state index contributed by atoms with van der Waals surface area (Å²) >= 11 is 0. The number of hydrogen-bond donors (Lipinski definition) is 3. The summed E-state index contributed by atoms with van der Waals surface area (Å²) in [6.07, 6.45) is -1.09. The summed E-state index contributed by atoms with van der Waals surface area (Å²) in [6, 6.07) is 2.76. The fourth-order valence-electron chi connectivity index (χ4n) is 4.52. The molecule has 3 heterocycles. The quantitative estimate of drug-likeness (QED) is 0.368. The zero-order valence-electron chi connectivity index (χ0n) is 22.4. The highest BCUT2D eigenvalue weighted by molar-refractivity contribution is 7.91. The molecule has 41 heavy (non-hydrogen) atoms. The summed E-state index contributed by atoms with van der Waals surface area (Å²) in [7, 11) is -1.72. The number of sulfonamides is 1. The van der Waals surface area contributed by atoms with Gasteiger partial charge < -0.3 is 15.2 Å². The molecule has 11 nitrogen and oxygen atoms in total. The number of alkyl halides is 3. The van der Waals surface area contributed by atoms with Gasteiger partial charge in [0.2, 0.25) is 21.5 Å². The summed E-state index contributed by atoms with van der Waals surface area (Å²) in [5, 5.41) is 2.46. The molecule has 1 amide bonds. The van der Waals surface area contributed by atoms with Gasteiger partial charge in [-0.25, -0.2) is 22.8 Å². The number of nitrogens with one attached hydrogen (secondary N) is 3. The number of hydrogen-bond acceptors (Lipinski definition) is 8. The van der Waals surface area contributed by atoms with Gasteiger partial charge in [-0.15, -0.1) is 0 Å². The molecule has 0 saturated carbocycles. The number of carbonyl (C=O) groups is 1. The van der Waals surface area contributed by atoms with Crippen molar-refractivity contribution in [3.63, 3.8) is 0 Å². The minimum atomic E-state index is -4.99. The Hall–Kier alpha value is -4.05. The maximum Gasteiger partial charge on any atom is 0.417 e. The first kappa shape index (κ1) is 29.9. The molecule has 1 saturated heterocycles. The van der Waals surface area contributed by atoms with Gasteiger partial charge in [0.15, 0.2) is 0 Å². The van der Waals surface area contributed by atoms with Gasteiger partial charge in [-0.3, -0.25) is 19.2 Å². The largest absolute Gasteiger partial charge is 0.417 e. The highest BCUT2D eigenvalue weighted by atomic mass is 32.2. The van der Waals surface area contributed by atoms with E-state index in [4.69, 9.17) is 0 Å². The molecular weight excluding hydrogens is 570 g/mol. The van der Waals surface area contributed by atoms with E-state index in [0.717, 1.165) is 24.7 Å². The number of nitrogens with zero attached hydrogens (tertiary/aromatic N) is 4. The standard InChI is InChI=1S/C25H27F4N7O4S/c1-13-11-36(12-14(2)35(13)3)21-7-19(26)16(15-8-31-24(32-9-15)34-41(4,39)40)5-20(21)33-23(38)17-10-30-22(37)6-18(17)25(27,28)29/h5-10,13-14H,11-12H2,1-4H3,(H,30,37)(H,33,38)(H,31,32,34)/t13-,14+. The number of amides is 1. The lowest BCUT2D eigenvalue weighted by molar-refractivity contribution is -0.138.